The minimum atomic E-state index is -0.632. The van der Waals surface area contributed by atoms with E-state index in [1.807, 2.05) is 24.3 Å². The van der Waals surface area contributed by atoms with Crippen molar-refractivity contribution in [2.24, 2.45) is 5.73 Å². The lowest BCUT2D eigenvalue weighted by Crippen LogP contribution is -2.30. The molecule has 0 spiro atoms. The van der Waals surface area contributed by atoms with Gasteiger partial charge in [0.25, 0.3) is 0 Å². The normalized spacial score (nSPS) is 18.8. The minimum Gasteiger partial charge on any atom is -0.488 e. The Morgan fingerprint density at radius 2 is 1.95 bits per heavy atom. The van der Waals surface area contributed by atoms with Gasteiger partial charge in [-0.15, -0.1) is 0 Å². The Hall–Kier alpha value is -1.94. The van der Waals surface area contributed by atoms with Crippen LogP contribution in [0.15, 0.2) is 42.5 Å². The van der Waals surface area contributed by atoms with Gasteiger partial charge in [-0.3, -0.25) is 0 Å². The summed E-state index contributed by atoms with van der Waals surface area (Å²) in [5.74, 6) is -0.457. The van der Waals surface area contributed by atoms with Gasteiger partial charge in [0.1, 0.15) is 23.5 Å². The van der Waals surface area contributed by atoms with E-state index in [1.165, 1.54) is 12.1 Å². The fraction of sp³-hybridized carbons (Fsp3) is 0.200. The molecule has 0 bridgehead atoms. The van der Waals surface area contributed by atoms with Crippen molar-refractivity contribution in [1.82, 2.24) is 0 Å². The number of hydrogen-bond donors (Lipinski definition) is 1. The number of halogens is 2. The highest BCUT2D eigenvalue weighted by Crippen LogP contribution is 2.33. The second-order valence-electron chi connectivity index (χ2n) is 4.66. The third-order valence-corrected chi connectivity index (χ3v) is 3.39. The van der Waals surface area contributed by atoms with Gasteiger partial charge in [-0.1, -0.05) is 24.3 Å². The summed E-state index contributed by atoms with van der Waals surface area (Å²) in [6, 6.07) is 10.4. The molecule has 0 saturated carbocycles. The second kappa shape index (κ2) is 4.63. The lowest BCUT2D eigenvalue weighted by Gasteiger charge is -2.20. The Morgan fingerprint density at radius 3 is 2.68 bits per heavy atom. The van der Waals surface area contributed by atoms with Crippen LogP contribution in [0.1, 0.15) is 17.2 Å². The number of nitrogens with two attached hydrogens (primary N) is 1. The monoisotopic (exact) mass is 261 g/mol. The maximum absolute atomic E-state index is 13.7. The first-order valence-electron chi connectivity index (χ1n) is 6.10. The number of benzene rings is 2. The van der Waals surface area contributed by atoms with Crippen molar-refractivity contribution >= 4 is 0 Å². The highest BCUT2D eigenvalue weighted by Gasteiger charge is 2.30. The van der Waals surface area contributed by atoms with Gasteiger partial charge in [0.2, 0.25) is 0 Å². The molecule has 2 nitrogen and oxygen atoms in total. The number of fused-ring (bicyclic) bond motifs is 1. The highest BCUT2D eigenvalue weighted by atomic mass is 19.1. The Kier molecular flexibility index (Phi) is 2.95. The quantitative estimate of drug-likeness (QED) is 0.902. The topological polar surface area (TPSA) is 35.2 Å². The number of rotatable bonds is 2. The molecule has 0 aliphatic carbocycles. The van der Waals surface area contributed by atoms with Crippen LogP contribution in [-0.4, -0.2) is 6.10 Å². The van der Waals surface area contributed by atoms with E-state index in [-0.39, 0.29) is 11.7 Å². The molecule has 0 fully saturated rings. The van der Waals surface area contributed by atoms with Crippen LogP contribution in [0.25, 0.3) is 0 Å². The molecular formula is C15H13F2NO. The predicted octanol–water partition coefficient (Wildman–Crippen LogP) is 2.97. The van der Waals surface area contributed by atoms with Crippen LogP contribution in [-0.2, 0) is 6.42 Å². The van der Waals surface area contributed by atoms with Gasteiger partial charge in [0.15, 0.2) is 0 Å². The summed E-state index contributed by atoms with van der Waals surface area (Å²) in [6.45, 7) is 0. The van der Waals surface area contributed by atoms with Crippen molar-refractivity contribution in [3.8, 4) is 5.75 Å². The predicted molar refractivity (Wildman–Crippen MR) is 67.8 cm³/mol. The first-order valence-corrected chi connectivity index (χ1v) is 6.10. The van der Waals surface area contributed by atoms with E-state index in [9.17, 15) is 8.78 Å². The Labute approximate surface area is 109 Å². The van der Waals surface area contributed by atoms with Crippen molar-refractivity contribution in [3.05, 3.63) is 65.2 Å². The molecule has 2 aromatic carbocycles. The molecule has 0 aromatic heterocycles. The maximum Gasteiger partial charge on any atom is 0.131 e. The van der Waals surface area contributed by atoms with E-state index in [1.54, 1.807) is 0 Å². The molecule has 0 amide bonds. The standard InChI is InChI=1S/C15H13F2NO/c16-10-5-6-11(12(17)8-10)15(18)14-7-9-3-1-2-4-13(9)19-14/h1-6,8,14-15H,7,18H2. The zero-order valence-electron chi connectivity index (χ0n) is 10.1. The molecule has 1 aliphatic heterocycles. The number of ether oxygens (including phenoxy) is 1. The molecule has 3 rings (SSSR count). The zero-order chi connectivity index (χ0) is 13.4. The van der Waals surface area contributed by atoms with Gasteiger partial charge < -0.3 is 10.5 Å². The number of para-hydroxylation sites is 1. The lowest BCUT2D eigenvalue weighted by atomic mass is 9.98. The van der Waals surface area contributed by atoms with Crippen molar-refractivity contribution in [2.45, 2.75) is 18.6 Å². The first-order chi connectivity index (χ1) is 9.15. The van der Waals surface area contributed by atoms with Crippen LogP contribution < -0.4 is 10.5 Å². The van der Waals surface area contributed by atoms with Gasteiger partial charge in [-0.05, 0) is 17.7 Å². The summed E-state index contributed by atoms with van der Waals surface area (Å²) < 4.78 is 32.3. The van der Waals surface area contributed by atoms with E-state index in [2.05, 4.69) is 0 Å². The smallest absolute Gasteiger partial charge is 0.131 e. The Balaban J connectivity index is 1.85. The van der Waals surface area contributed by atoms with Crippen molar-refractivity contribution in [1.29, 1.82) is 0 Å². The van der Waals surface area contributed by atoms with Gasteiger partial charge in [0, 0.05) is 18.1 Å². The summed E-state index contributed by atoms with van der Waals surface area (Å²) in [7, 11) is 0. The second-order valence-corrected chi connectivity index (χ2v) is 4.66. The zero-order valence-corrected chi connectivity index (χ0v) is 10.1. The molecule has 1 heterocycles. The van der Waals surface area contributed by atoms with Gasteiger partial charge >= 0.3 is 0 Å². The summed E-state index contributed by atoms with van der Waals surface area (Å²) in [4.78, 5) is 0. The molecule has 2 atom stereocenters. The molecule has 0 saturated heterocycles. The molecule has 2 N–H and O–H groups in total. The van der Waals surface area contributed by atoms with E-state index in [0.717, 1.165) is 17.4 Å². The summed E-state index contributed by atoms with van der Waals surface area (Å²) in [6.07, 6.45) is 0.311. The van der Waals surface area contributed by atoms with E-state index in [0.29, 0.717) is 6.42 Å². The molecule has 0 radical (unpaired) electrons. The SMILES string of the molecule is NC(c1ccc(F)cc1F)C1Cc2ccccc2O1. The lowest BCUT2D eigenvalue weighted by molar-refractivity contribution is 0.197. The first kappa shape index (κ1) is 12.1. The third-order valence-electron chi connectivity index (χ3n) is 3.39. The molecular weight excluding hydrogens is 248 g/mol. The van der Waals surface area contributed by atoms with E-state index in [4.69, 9.17) is 10.5 Å². The van der Waals surface area contributed by atoms with Gasteiger partial charge in [-0.25, -0.2) is 8.78 Å². The Morgan fingerprint density at radius 1 is 1.16 bits per heavy atom. The fourth-order valence-corrected chi connectivity index (χ4v) is 2.38. The van der Waals surface area contributed by atoms with Crippen LogP contribution >= 0.6 is 0 Å². The van der Waals surface area contributed by atoms with Crippen LogP contribution in [0, 0.1) is 11.6 Å². The molecule has 2 unspecified atom stereocenters. The van der Waals surface area contributed by atoms with Crippen molar-refractivity contribution < 1.29 is 13.5 Å². The van der Waals surface area contributed by atoms with E-state index >= 15 is 0 Å². The largest absolute Gasteiger partial charge is 0.488 e. The molecule has 98 valence electrons. The molecule has 4 heteroatoms. The molecule has 2 aromatic rings. The molecule has 19 heavy (non-hydrogen) atoms. The summed E-state index contributed by atoms with van der Waals surface area (Å²) >= 11 is 0. The van der Waals surface area contributed by atoms with Crippen LogP contribution in [0.4, 0.5) is 8.78 Å². The summed E-state index contributed by atoms with van der Waals surface area (Å²) in [5, 5.41) is 0. The third kappa shape index (κ3) is 2.19. The van der Waals surface area contributed by atoms with Crippen LogP contribution in [0.5, 0.6) is 5.75 Å². The molecule has 1 aliphatic rings. The van der Waals surface area contributed by atoms with Crippen molar-refractivity contribution in [2.75, 3.05) is 0 Å². The minimum absolute atomic E-state index is 0.277. The van der Waals surface area contributed by atoms with Crippen LogP contribution in [0.3, 0.4) is 0 Å². The summed E-state index contributed by atoms with van der Waals surface area (Å²) in [5.41, 5.74) is 7.38. The van der Waals surface area contributed by atoms with Gasteiger partial charge in [0.05, 0.1) is 6.04 Å². The average molecular weight is 261 g/mol. The van der Waals surface area contributed by atoms with Gasteiger partial charge in [-0.2, -0.15) is 0 Å². The van der Waals surface area contributed by atoms with Crippen molar-refractivity contribution in [3.63, 3.8) is 0 Å². The number of hydrogen-bond acceptors (Lipinski definition) is 2. The van der Waals surface area contributed by atoms with E-state index < -0.39 is 17.7 Å². The maximum atomic E-state index is 13.7. The highest BCUT2D eigenvalue weighted by molar-refractivity contribution is 5.38. The fourth-order valence-electron chi connectivity index (χ4n) is 2.38. The average Bonchev–Trinajstić information content (AvgIpc) is 2.81. The Bertz CT molecular complexity index is 590. The van der Waals surface area contributed by atoms with Crippen LogP contribution in [0.2, 0.25) is 0 Å².